The standard InChI is InChI=1S/C15H14Cl2F6N2O4/c16-11(17)13(27)25-4-3-24-12(26)9-5-8(28-6-14(18,19)20)1-2-10(9)29-7-15(21,22)23/h1-2,5,11H,3-4,6-7H2,(H,24,26)(H,25,27). The molecule has 29 heavy (non-hydrogen) atoms. The first-order valence-electron chi connectivity index (χ1n) is 7.66. The van der Waals surface area contributed by atoms with Gasteiger partial charge in [0.25, 0.3) is 11.8 Å². The minimum atomic E-state index is -4.71. The van der Waals surface area contributed by atoms with E-state index >= 15 is 0 Å². The molecule has 0 bridgehead atoms. The third-order valence-corrected chi connectivity index (χ3v) is 3.29. The van der Waals surface area contributed by atoms with Gasteiger partial charge in [-0.15, -0.1) is 0 Å². The number of ether oxygens (including phenoxy) is 2. The summed E-state index contributed by atoms with van der Waals surface area (Å²) in [7, 11) is 0. The summed E-state index contributed by atoms with van der Waals surface area (Å²) in [5, 5.41) is 4.50. The Morgan fingerprint density at radius 1 is 0.931 bits per heavy atom. The molecule has 164 valence electrons. The minimum Gasteiger partial charge on any atom is -0.484 e. The van der Waals surface area contributed by atoms with Gasteiger partial charge in [-0.1, -0.05) is 23.2 Å². The number of nitrogens with one attached hydrogen (secondary N) is 2. The topological polar surface area (TPSA) is 76.7 Å². The first kappa shape index (κ1) is 25.0. The molecule has 6 nitrogen and oxygen atoms in total. The molecule has 0 aliphatic rings. The number of rotatable bonds is 9. The number of carbonyl (C=O) groups is 2. The zero-order chi connectivity index (χ0) is 22.2. The summed E-state index contributed by atoms with van der Waals surface area (Å²) in [6.45, 7) is -3.69. The Bertz CT molecular complexity index is 713. The zero-order valence-electron chi connectivity index (χ0n) is 14.3. The van der Waals surface area contributed by atoms with Crippen molar-refractivity contribution in [3.05, 3.63) is 23.8 Å². The summed E-state index contributed by atoms with van der Waals surface area (Å²) >= 11 is 10.6. The van der Waals surface area contributed by atoms with Gasteiger partial charge in [0.15, 0.2) is 18.1 Å². The lowest BCUT2D eigenvalue weighted by Crippen LogP contribution is -2.37. The highest BCUT2D eigenvalue weighted by Crippen LogP contribution is 2.27. The number of alkyl halides is 8. The number of halogens is 8. The van der Waals surface area contributed by atoms with E-state index in [2.05, 4.69) is 20.1 Å². The fourth-order valence-corrected chi connectivity index (χ4v) is 1.92. The average molecular weight is 471 g/mol. The third kappa shape index (κ3) is 10.3. The first-order chi connectivity index (χ1) is 13.3. The van der Waals surface area contributed by atoms with E-state index in [-0.39, 0.29) is 13.1 Å². The lowest BCUT2D eigenvalue weighted by atomic mass is 10.1. The molecule has 1 aromatic rings. The molecule has 0 unspecified atom stereocenters. The molecule has 0 saturated heterocycles. The maximum absolute atomic E-state index is 12.4. The predicted octanol–water partition coefficient (Wildman–Crippen LogP) is 3.22. The van der Waals surface area contributed by atoms with Crippen molar-refractivity contribution < 1.29 is 45.4 Å². The maximum Gasteiger partial charge on any atom is 0.422 e. The van der Waals surface area contributed by atoms with E-state index in [9.17, 15) is 35.9 Å². The van der Waals surface area contributed by atoms with Crippen LogP contribution >= 0.6 is 23.2 Å². The second-order valence-electron chi connectivity index (χ2n) is 5.31. The van der Waals surface area contributed by atoms with Crippen molar-refractivity contribution >= 4 is 35.0 Å². The van der Waals surface area contributed by atoms with Crippen molar-refractivity contribution in [2.45, 2.75) is 17.2 Å². The van der Waals surface area contributed by atoms with Crippen LogP contribution in [-0.2, 0) is 4.79 Å². The van der Waals surface area contributed by atoms with Crippen molar-refractivity contribution in [3.63, 3.8) is 0 Å². The van der Waals surface area contributed by atoms with Gasteiger partial charge in [0.05, 0.1) is 5.56 Å². The van der Waals surface area contributed by atoms with Crippen LogP contribution in [0.1, 0.15) is 10.4 Å². The molecular weight excluding hydrogens is 457 g/mol. The van der Waals surface area contributed by atoms with Crippen LogP contribution in [0.5, 0.6) is 11.5 Å². The van der Waals surface area contributed by atoms with Crippen LogP contribution in [0.3, 0.4) is 0 Å². The molecule has 0 aromatic heterocycles. The fourth-order valence-electron chi connectivity index (χ4n) is 1.76. The summed E-state index contributed by atoms with van der Waals surface area (Å²) < 4.78 is 82.8. The smallest absolute Gasteiger partial charge is 0.422 e. The van der Waals surface area contributed by atoms with Crippen LogP contribution in [0, 0.1) is 0 Å². The van der Waals surface area contributed by atoms with Crippen LogP contribution in [0.4, 0.5) is 26.3 Å². The second kappa shape index (κ2) is 10.6. The van der Waals surface area contributed by atoms with Crippen LogP contribution in [0.15, 0.2) is 18.2 Å². The van der Waals surface area contributed by atoms with E-state index in [4.69, 9.17) is 23.2 Å². The first-order valence-corrected chi connectivity index (χ1v) is 8.53. The lowest BCUT2D eigenvalue weighted by Gasteiger charge is -2.15. The molecule has 1 rings (SSSR count). The van der Waals surface area contributed by atoms with Gasteiger partial charge in [-0.2, -0.15) is 26.3 Å². The Kier molecular flexibility index (Phi) is 9.14. The Balaban J connectivity index is 2.86. The Hall–Kier alpha value is -2.08. The van der Waals surface area contributed by atoms with Gasteiger partial charge >= 0.3 is 12.4 Å². The molecule has 0 saturated carbocycles. The summed E-state index contributed by atoms with van der Waals surface area (Å²) in [5.74, 6) is -2.64. The second-order valence-corrected chi connectivity index (χ2v) is 6.41. The molecule has 2 amide bonds. The van der Waals surface area contributed by atoms with Gasteiger partial charge in [0, 0.05) is 13.1 Å². The summed E-state index contributed by atoms with van der Waals surface area (Å²) in [4.78, 5) is 22.0. The fraction of sp³-hybridized carbons (Fsp3) is 0.467. The number of hydrogen-bond donors (Lipinski definition) is 2. The van der Waals surface area contributed by atoms with Crippen LogP contribution in [0.2, 0.25) is 0 Å². The van der Waals surface area contributed by atoms with Gasteiger partial charge in [-0.3, -0.25) is 9.59 Å². The minimum absolute atomic E-state index is 0.122. The SMILES string of the molecule is O=C(NCCNC(=O)C(Cl)Cl)c1cc(OCC(F)(F)F)ccc1OCC(F)(F)F. The van der Waals surface area contributed by atoms with Crippen molar-refractivity contribution in [3.8, 4) is 11.5 Å². The molecule has 14 heteroatoms. The molecule has 0 atom stereocenters. The number of carbonyl (C=O) groups excluding carboxylic acids is 2. The van der Waals surface area contributed by atoms with Crippen molar-refractivity contribution in [1.82, 2.24) is 10.6 Å². The summed E-state index contributed by atoms with van der Waals surface area (Å²) in [5.41, 5.74) is -0.493. The van der Waals surface area contributed by atoms with Crippen molar-refractivity contribution in [2.75, 3.05) is 26.3 Å². The molecule has 0 radical (unpaired) electrons. The van der Waals surface area contributed by atoms with Crippen LogP contribution in [0.25, 0.3) is 0 Å². The summed E-state index contributed by atoms with van der Waals surface area (Å²) in [6, 6.07) is 2.61. The van der Waals surface area contributed by atoms with Gasteiger partial charge in [-0.25, -0.2) is 0 Å². The van der Waals surface area contributed by atoms with Gasteiger partial charge in [0.1, 0.15) is 11.5 Å². The predicted molar refractivity (Wildman–Crippen MR) is 90.4 cm³/mol. The molecule has 0 aliphatic heterocycles. The molecular formula is C15H14Cl2F6N2O4. The highest BCUT2D eigenvalue weighted by molar-refractivity contribution is 6.53. The Morgan fingerprint density at radius 3 is 2.03 bits per heavy atom. The van der Waals surface area contributed by atoms with Gasteiger partial charge in [0.2, 0.25) is 0 Å². The largest absolute Gasteiger partial charge is 0.484 e. The lowest BCUT2D eigenvalue weighted by molar-refractivity contribution is -0.154. The highest BCUT2D eigenvalue weighted by atomic mass is 35.5. The molecule has 2 N–H and O–H groups in total. The Labute approximate surface area is 170 Å². The Morgan fingerprint density at radius 2 is 1.48 bits per heavy atom. The van der Waals surface area contributed by atoms with Crippen LogP contribution < -0.4 is 20.1 Å². The van der Waals surface area contributed by atoms with Crippen molar-refractivity contribution in [1.29, 1.82) is 0 Å². The highest BCUT2D eigenvalue weighted by Gasteiger charge is 2.30. The van der Waals surface area contributed by atoms with E-state index in [0.29, 0.717) is 0 Å². The van der Waals surface area contributed by atoms with Gasteiger partial charge < -0.3 is 20.1 Å². The average Bonchev–Trinajstić information content (AvgIpc) is 2.60. The molecule has 0 aliphatic carbocycles. The third-order valence-electron chi connectivity index (χ3n) is 2.90. The molecule has 0 fully saturated rings. The molecule has 0 spiro atoms. The maximum atomic E-state index is 12.4. The molecule has 1 aromatic carbocycles. The zero-order valence-corrected chi connectivity index (χ0v) is 15.8. The normalized spacial score (nSPS) is 11.9. The van der Waals surface area contributed by atoms with Gasteiger partial charge in [-0.05, 0) is 18.2 Å². The van der Waals surface area contributed by atoms with E-state index < -0.39 is 59.3 Å². The molecule has 0 heterocycles. The number of amides is 2. The number of hydrogen-bond acceptors (Lipinski definition) is 4. The number of benzene rings is 1. The van der Waals surface area contributed by atoms with Crippen LogP contribution in [-0.4, -0.2) is 55.3 Å². The van der Waals surface area contributed by atoms with E-state index in [1.807, 2.05) is 0 Å². The quantitative estimate of drug-likeness (QED) is 0.330. The summed E-state index contributed by atoms with van der Waals surface area (Å²) in [6.07, 6.45) is -9.36. The van der Waals surface area contributed by atoms with Crippen molar-refractivity contribution in [2.24, 2.45) is 0 Å². The monoisotopic (exact) mass is 470 g/mol. The van der Waals surface area contributed by atoms with E-state index in [0.717, 1.165) is 18.2 Å². The van der Waals surface area contributed by atoms with E-state index in [1.54, 1.807) is 0 Å². The van der Waals surface area contributed by atoms with E-state index in [1.165, 1.54) is 0 Å².